The summed E-state index contributed by atoms with van der Waals surface area (Å²) in [5.74, 6) is -0.166. The van der Waals surface area contributed by atoms with Crippen LogP contribution < -0.4 is 5.73 Å². The summed E-state index contributed by atoms with van der Waals surface area (Å²) in [5, 5.41) is 0. The van der Waals surface area contributed by atoms with E-state index in [1.165, 1.54) is 6.07 Å². The van der Waals surface area contributed by atoms with Gasteiger partial charge in [0, 0.05) is 6.04 Å². The van der Waals surface area contributed by atoms with E-state index in [0.29, 0.717) is 5.56 Å². The van der Waals surface area contributed by atoms with Gasteiger partial charge in [0.05, 0.1) is 0 Å². The van der Waals surface area contributed by atoms with Gasteiger partial charge in [0.2, 0.25) is 0 Å². The zero-order valence-electron chi connectivity index (χ0n) is 8.84. The van der Waals surface area contributed by atoms with Gasteiger partial charge >= 0.3 is 0 Å². The van der Waals surface area contributed by atoms with Crippen molar-refractivity contribution in [2.75, 3.05) is 0 Å². The molecule has 0 aliphatic rings. The molecule has 1 rings (SSSR count). The van der Waals surface area contributed by atoms with Gasteiger partial charge in [-0.05, 0) is 44.0 Å². The molecule has 0 heterocycles. The molecule has 0 aliphatic heterocycles. The third-order valence-corrected chi connectivity index (χ3v) is 2.29. The lowest BCUT2D eigenvalue weighted by Gasteiger charge is -2.05. The van der Waals surface area contributed by atoms with Crippen LogP contribution in [0, 0.1) is 12.7 Å². The molecule has 0 bridgehead atoms. The molecular formula is C12H16FN. The van der Waals surface area contributed by atoms with Crippen LogP contribution in [0.2, 0.25) is 0 Å². The van der Waals surface area contributed by atoms with Crippen molar-refractivity contribution < 1.29 is 4.39 Å². The van der Waals surface area contributed by atoms with Crippen LogP contribution in [0.25, 0.3) is 6.08 Å². The molecule has 0 saturated heterocycles. The number of nitrogens with two attached hydrogens (primary N) is 1. The molecule has 0 amide bonds. The average Bonchev–Trinajstić information content (AvgIpc) is 2.11. The summed E-state index contributed by atoms with van der Waals surface area (Å²) < 4.78 is 12.9. The molecule has 1 unspecified atom stereocenters. The molecular weight excluding hydrogens is 177 g/mol. The third-order valence-electron chi connectivity index (χ3n) is 2.29. The van der Waals surface area contributed by atoms with Crippen molar-refractivity contribution in [2.45, 2.75) is 26.8 Å². The van der Waals surface area contributed by atoms with Gasteiger partial charge in [-0.2, -0.15) is 0 Å². The van der Waals surface area contributed by atoms with E-state index < -0.39 is 0 Å². The first kappa shape index (κ1) is 10.9. The molecule has 0 radical (unpaired) electrons. The number of hydrogen-bond donors (Lipinski definition) is 1. The summed E-state index contributed by atoms with van der Waals surface area (Å²) in [7, 11) is 0. The Morgan fingerprint density at radius 2 is 2.14 bits per heavy atom. The quantitative estimate of drug-likeness (QED) is 0.767. The first-order valence-electron chi connectivity index (χ1n) is 4.70. The van der Waals surface area contributed by atoms with Crippen LogP contribution >= 0.6 is 0 Å². The fourth-order valence-corrected chi connectivity index (χ4v) is 1.15. The normalized spacial score (nSPS) is 14.2. The van der Waals surface area contributed by atoms with Gasteiger partial charge in [0.15, 0.2) is 0 Å². The van der Waals surface area contributed by atoms with E-state index in [9.17, 15) is 4.39 Å². The SMILES string of the molecule is C/C(=C\c1ccc(F)c(C)c1)C(C)N. The van der Waals surface area contributed by atoms with Crippen molar-refractivity contribution in [3.63, 3.8) is 0 Å². The smallest absolute Gasteiger partial charge is 0.126 e. The lowest BCUT2D eigenvalue weighted by Crippen LogP contribution is -2.15. The van der Waals surface area contributed by atoms with Crippen LogP contribution in [0.15, 0.2) is 23.8 Å². The highest BCUT2D eigenvalue weighted by Crippen LogP contribution is 2.13. The number of benzene rings is 1. The standard InChI is InChI=1S/C12H16FN/c1-8(10(3)14)6-11-4-5-12(13)9(2)7-11/h4-7,10H,14H2,1-3H3/b8-6+. The Balaban J connectivity index is 2.98. The minimum absolute atomic E-state index is 0.0420. The van der Waals surface area contributed by atoms with E-state index in [1.54, 1.807) is 13.0 Å². The minimum Gasteiger partial charge on any atom is -0.324 e. The van der Waals surface area contributed by atoms with Crippen LogP contribution in [0.3, 0.4) is 0 Å². The molecule has 0 saturated carbocycles. The molecule has 0 spiro atoms. The van der Waals surface area contributed by atoms with Gasteiger partial charge in [-0.15, -0.1) is 0 Å². The second-order valence-corrected chi connectivity index (χ2v) is 3.69. The average molecular weight is 193 g/mol. The second-order valence-electron chi connectivity index (χ2n) is 3.69. The molecule has 76 valence electrons. The molecule has 1 atom stereocenters. The van der Waals surface area contributed by atoms with Crippen molar-refractivity contribution in [3.05, 3.63) is 40.7 Å². The minimum atomic E-state index is -0.166. The predicted octanol–water partition coefficient (Wildman–Crippen LogP) is 2.88. The summed E-state index contributed by atoms with van der Waals surface area (Å²) in [6.45, 7) is 5.67. The number of hydrogen-bond acceptors (Lipinski definition) is 1. The Morgan fingerprint density at radius 1 is 1.50 bits per heavy atom. The van der Waals surface area contributed by atoms with Gasteiger partial charge in [-0.3, -0.25) is 0 Å². The summed E-state index contributed by atoms with van der Waals surface area (Å²) in [6, 6.07) is 5.10. The van der Waals surface area contributed by atoms with Crippen LogP contribution in [0.1, 0.15) is 25.0 Å². The first-order chi connectivity index (χ1) is 6.50. The summed E-state index contributed by atoms with van der Waals surface area (Å²) in [5.41, 5.74) is 8.46. The largest absolute Gasteiger partial charge is 0.324 e. The van der Waals surface area contributed by atoms with Gasteiger partial charge in [-0.1, -0.05) is 17.7 Å². The number of halogens is 1. The topological polar surface area (TPSA) is 26.0 Å². The van der Waals surface area contributed by atoms with Crippen molar-refractivity contribution in [1.29, 1.82) is 0 Å². The highest BCUT2D eigenvalue weighted by Gasteiger charge is 1.99. The van der Waals surface area contributed by atoms with E-state index in [4.69, 9.17) is 5.73 Å². The summed E-state index contributed by atoms with van der Waals surface area (Å²) in [6.07, 6.45) is 1.98. The maximum atomic E-state index is 12.9. The molecule has 1 nitrogen and oxygen atoms in total. The predicted molar refractivity (Wildman–Crippen MR) is 58.4 cm³/mol. The van der Waals surface area contributed by atoms with E-state index in [1.807, 2.05) is 26.0 Å². The van der Waals surface area contributed by atoms with Gasteiger partial charge < -0.3 is 5.73 Å². The fraction of sp³-hybridized carbons (Fsp3) is 0.333. The zero-order chi connectivity index (χ0) is 10.7. The Labute approximate surface area is 84.4 Å². The second kappa shape index (κ2) is 4.38. The molecule has 1 aromatic carbocycles. The van der Waals surface area contributed by atoms with Crippen LogP contribution in [0.4, 0.5) is 4.39 Å². The molecule has 2 heteroatoms. The Bertz CT molecular complexity index is 353. The first-order valence-corrected chi connectivity index (χ1v) is 4.70. The molecule has 2 N–H and O–H groups in total. The molecule has 0 aromatic heterocycles. The van der Waals surface area contributed by atoms with E-state index in [2.05, 4.69) is 0 Å². The van der Waals surface area contributed by atoms with Gasteiger partial charge in [0.1, 0.15) is 5.82 Å². The fourth-order valence-electron chi connectivity index (χ4n) is 1.15. The highest BCUT2D eigenvalue weighted by molar-refractivity contribution is 5.54. The zero-order valence-corrected chi connectivity index (χ0v) is 8.84. The number of rotatable bonds is 2. The van der Waals surface area contributed by atoms with Crippen molar-refractivity contribution in [3.8, 4) is 0 Å². The summed E-state index contributed by atoms with van der Waals surface area (Å²) in [4.78, 5) is 0. The van der Waals surface area contributed by atoms with Crippen LogP contribution in [-0.2, 0) is 0 Å². The molecule has 14 heavy (non-hydrogen) atoms. The van der Waals surface area contributed by atoms with Crippen LogP contribution in [0.5, 0.6) is 0 Å². The maximum Gasteiger partial charge on any atom is 0.126 e. The van der Waals surface area contributed by atoms with Gasteiger partial charge in [-0.25, -0.2) is 4.39 Å². The highest BCUT2D eigenvalue weighted by atomic mass is 19.1. The molecule has 1 aromatic rings. The van der Waals surface area contributed by atoms with E-state index >= 15 is 0 Å². The monoisotopic (exact) mass is 193 g/mol. The van der Waals surface area contributed by atoms with Crippen molar-refractivity contribution in [1.82, 2.24) is 0 Å². The Kier molecular flexibility index (Phi) is 3.42. The lowest BCUT2D eigenvalue weighted by molar-refractivity contribution is 0.618. The van der Waals surface area contributed by atoms with Crippen LogP contribution in [-0.4, -0.2) is 6.04 Å². The molecule has 0 aliphatic carbocycles. The maximum absolute atomic E-state index is 12.9. The number of aryl methyl sites for hydroxylation is 1. The summed E-state index contributed by atoms with van der Waals surface area (Å²) >= 11 is 0. The van der Waals surface area contributed by atoms with Gasteiger partial charge in [0.25, 0.3) is 0 Å². The lowest BCUT2D eigenvalue weighted by atomic mass is 10.1. The van der Waals surface area contributed by atoms with Crippen molar-refractivity contribution >= 4 is 6.08 Å². The van der Waals surface area contributed by atoms with Crippen molar-refractivity contribution in [2.24, 2.45) is 5.73 Å². The molecule has 0 fully saturated rings. The van der Waals surface area contributed by atoms with E-state index in [-0.39, 0.29) is 11.9 Å². The third kappa shape index (κ3) is 2.67. The Morgan fingerprint density at radius 3 is 2.64 bits per heavy atom. The Hall–Kier alpha value is -1.15. The van der Waals surface area contributed by atoms with E-state index in [0.717, 1.165) is 11.1 Å².